The van der Waals surface area contributed by atoms with Crippen LogP contribution in [0.1, 0.15) is 48.9 Å². The van der Waals surface area contributed by atoms with Crippen molar-refractivity contribution in [1.82, 2.24) is 9.55 Å². The molecule has 7 heteroatoms. The van der Waals surface area contributed by atoms with Crippen molar-refractivity contribution in [3.63, 3.8) is 0 Å². The molecule has 1 aliphatic heterocycles. The number of hydrogen-bond donors (Lipinski definition) is 2. The van der Waals surface area contributed by atoms with Crippen molar-refractivity contribution >= 4 is 23.4 Å². The van der Waals surface area contributed by atoms with Gasteiger partial charge in [0.2, 0.25) is 0 Å². The first kappa shape index (κ1) is 17.1. The molecule has 1 aromatic carbocycles. The Morgan fingerprint density at radius 1 is 1.31 bits per heavy atom. The lowest BCUT2D eigenvalue weighted by atomic mass is 9.93. The lowest BCUT2D eigenvalue weighted by Crippen LogP contribution is -2.35. The summed E-state index contributed by atoms with van der Waals surface area (Å²) in [5, 5.41) is 13.0. The Hall–Kier alpha value is -2.34. The van der Waals surface area contributed by atoms with Gasteiger partial charge in [-0.3, -0.25) is 9.36 Å². The summed E-state index contributed by atoms with van der Waals surface area (Å²) < 4.78 is 1.34. The monoisotopic (exact) mass is 373 g/mol. The Morgan fingerprint density at radius 3 is 2.65 bits per heavy atom. The summed E-state index contributed by atoms with van der Waals surface area (Å²) in [5.41, 5.74) is 1.22. The number of aromatic nitrogens is 2. The molecule has 2 aromatic rings. The minimum absolute atomic E-state index is 0.149. The fraction of sp³-hybridized carbons (Fsp3) is 0.421. The van der Waals surface area contributed by atoms with E-state index in [1.54, 1.807) is 0 Å². The number of halogens is 1. The minimum atomic E-state index is -1.01. The third kappa shape index (κ3) is 2.98. The molecule has 4 rings (SSSR count). The van der Waals surface area contributed by atoms with Gasteiger partial charge in [-0.1, -0.05) is 41.9 Å². The van der Waals surface area contributed by atoms with Crippen LogP contribution >= 0.6 is 11.6 Å². The summed E-state index contributed by atoms with van der Waals surface area (Å²) in [7, 11) is 0. The predicted octanol–water partition coefficient (Wildman–Crippen LogP) is 3.22. The van der Waals surface area contributed by atoms with Gasteiger partial charge in [0, 0.05) is 12.0 Å². The van der Waals surface area contributed by atoms with Gasteiger partial charge in [-0.25, -0.2) is 9.78 Å². The summed E-state index contributed by atoms with van der Waals surface area (Å²) in [6, 6.07) is 9.11. The number of nitrogens with zero attached hydrogens (tertiary/aromatic N) is 2. The number of fused-ring (bicyclic) bond motifs is 1. The molecule has 2 atom stereocenters. The van der Waals surface area contributed by atoms with E-state index in [-0.39, 0.29) is 28.5 Å². The molecule has 136 valence electrons. The van der Waals surface area contributed by atoms with Gasteiger partial charge in [-0.05, 0) is 37.7 Å². The zero-order valence-corrected chi connectivity index (χ0v) is 14.9. The van der Waals surface area contributed by atoms with E-state index in [0.717, 1.165) is 24.8 Å². The molecule has 2 aliphatic rings. The van der Waals surface area contributed by atoms with Gasteiger partial charge in [0.15, 0.2) is 11.0 Å². The first-order valence-corrected chi connectivity index (χ1v) is 9.27. The zero-order chi connectivity index (χ0) is 18.3. The number of hydrogen-bond acceptors (Lipinski definition) is 4. The summed E-state index contributed by atoms with van der Waals surface area (Å²) in [5.74, 6) is -1.00. The topological polar surface area (TPSA) is 84.2 Å². The van der Waals surface area contributed by atoms with E-state index in [9.17, 15) is 14.7 Å². The number of benzene rings is 1. The quantitative estimate of drug-likeness (QED) is 0.840. The Labute approximate surface area is 155 Å². The Kier molecular flexibility index (Phi) is 4.44. The van der Waals surface area contributed by atoms with Crippen molar-refractivity contribution < 1.29 is 9.90 Å². The maximum atomic E-state index is 12.9. The van der Waals surface area contributed by atoms with Gasteiger partial charge in [0.05, 0.1) is 5.69 Å². The molecule has 0 unspecified atom stereocenters. The highest BCUT2D eigenvalue weighted by Crippen LogP contribution is 2.40. The number of aliphatic carboxylic acids is 1. The molecule has 1 fully saturated rings. The molecule has 0 amide bonds. The van der Waals surface area contributed by atoms with Crippen LogP contribution in [0.5, 0.6) is 0 Å². The highest BCUT2D eigenvalue weighted by Gasteiger charge is 2.39. The molecule has 2 N–H and O–H groups in total. The molecule has 0 spiro atoms. The maximum absolute atomic E-state index is 12.9. The van der Waals surface area contributed by atoms with Crippen LogP contribution in [0.15, 0.2) is 35.1 Å². The fourth-order valence-corrected chi connectivity index (χ4v) is 4.15. The van der Waals surface area contributed by atoms with Crippen molar-refractivity contribution in [2.45, 2.75) is 50.1 Å². The Balaban J connectivity index is 1.74. The SMILES string of the molecule is O=C(O)[C@@H]1C[C@@H](Cc2ccccc2)c2c(Cl)nc(NC3CCC3)c(=O)n21. The highest BCUT2D eigenvalue weighted by molar-refractivity contribution is 6.30. The summed E-state index contributed by atoms with van der Waals surface area (Å²) in [4.78, 5) is 29.0. The highest BCUT2D eigenvalue weighted by atomic mass is 35.5. The molecule has 1 aromatic heterocycles. The molecule has 0 radical (unpaired) electrons. The van der Waals surface area contributed by atoms with E-state index in [2.05, 4.69) is 10.3 Å². The van der Waals surface area contributed by atoms with Gasteiger partial charge in [-0.2, -0.15) is 0 Å². The van der Waals surface area contributed by atoms with Gasteiger partial charge >= 0.3 is 5.97 Å². The summed E-state index contributed by atoms with van der Waals surface area (Å²) in [6.45, 7) is 0. The van der Waals surface area contributed by atoms with Crippen LogP contribution in [0.4, 0.5) is 5.82 Å². The van der Waals surface area contributed by atoms with Crippen LogP contribution in [-0.2, 0) is 11.2 Å². The zero-order valence-electron chi connectivity index (χ0n) is 14.2. The molecule has 6 nitrogen and oxygen atoms in total. The van der Waals surface area contributed by atoms with Crippen LogP contribution < -0.4 is 10.9 Å². The second-order valence-electron chi connectivity index (χ2n) is 7.06. The molecule has 0 saturated heterocycles. The lowest BCUT2D eigenvalue weighted by molar-refractivity contribution is -0.140. The van der Waals surface area contributed by atoms with E-state index in [0.29, 0.717) is 18.5 Å². The smallest absolute Gasteiger partial charge is 0.326 e. The molecular weight excluding hydrogens is 354 g/mol. The first-order chi connectivity index (χ1) is 12.5. The predicted molar refractivity (Wildman–Crippen MR) is 98.9 cm³/mol. The minimum Gasteiger partial charge on any atom is -0.480 e. The molecule has 26 heavy (non-hydrogen) atoms. The largest absolute Gasteiger partial charge is 0.480 e. The van der Waals surface area contributed by atoms with Gasteiger partial charge in [0.1, 0.15) is 6.04 Å². The number of anilines is 1. The van der Waals surface area contributed by atoms with E-state index in [1.807, 2.05) is 30.3 Å². The van der Waals surface area contributed by atoms with Crippen LogP contribution in [0.25, 0.3) is 0 Å². The molecule has 0 bridgehead atoms. The van der Waals surface area contributed by atoms with E-state index < -0.39 is 12.0 Å². The second-order valence-corrected chi connectivity index (χ2v) is 7.42. The van der Waals surface area contributed by atoms with Crippen LogP contribution in [-0.4, -0.2) is 26.7 Å². The number of nitrogens with one attached hydrogen (secondary N) is 1. The average Bonchev–Trinajstić information content (AvgIpc) is 2.96. The standard InChI is InChI=1S/C19H20ClN3O3/c20-16-15-12(9-11-5-2-1-3-6-11)10-14(19(25)26)23(15)18(24)17(22-16)21-13-7-4-8-13/h1-3,5-6,12-14H,4,7-10H2,(H,21,22)(H,25,26)/t12-,14+/m1/s1. The van der Waals surface area contributed by atoms with Gasteiger partial charge in [0.25, 0.3) is 5.56 Å². The molecule has 1 saturated carbocycles. The number of rotatable bonds is 5. The Bertz CT molecular complexity index is 893. The van der Waals surface area contributed by atoms with Crippen LogP contribution in [0, 0.1) is 0 Å². The Morgan fingerprint density at radius 2 is 2.04 bits per heavy atom. The van der Waals surface area contributed by atoms with Crippen molar-refractivity contribution in [3.8, 4) is 0 Å². The number of carbonyl (C=O) groups is 1. The van der Waals surface area contributed by atoms with Crippen LogP contribution in [0.3, 0.4) is 0 Å². The molecule has 1 aliphatic carbocycles. The molecular formula is C19H20ClN3O3. The third-order valence-electron chi connectivity index (χ3n) is 5.36. The van der Waals surface area contributed by atoms with Crippen molar-refractivity contribution in [1.29, 1.82) is 0 Å². The van der Waals surface area contributed by atoms with Crippen molar-refractivity contribution in [3.05, 3.63) is 57.1 Å². The lowest BCUT2D eigenvalue weighted by Gasteiger charge is -2.27. The van der Waals surface area contributed by atoms with E-state index in [1.165, 1.54) is 4.57 Å². The summed E-state index contributed by atoms with van der Waals surface area (Å²) >= 11 is 6.42. The van der Waals surface area contributed by atoms with Gasteiger partial charge < -0.3 is 10.4 Å². The summed E-state index contributed by atoms with van der Waals surface area (Å²) in [6.07, 6.45) is 4.06. The second kappa shape index (κ2) is 6.76. The normalized spacial score (nSPS) is 21.9. The maximum Gasteiger partial charge on any atom is 0.326 e. The van der Waals surface area contributed by atoms with Gasteiger partial charge in [-0.15, -0.1) is 0 Å². The van der Waals surface area contributed by atoms with E-state index >= 15 is 0 Å². The average molecular weight is 374 g/mol. The number of carboxylic acid groups (broad SMARTS) is 1. The number of carboxylic acids is 1. The third-order valence-corrected chi connectivity index (χ3v) is 5.64. The fourth-order valence-electron chi connectivity index (χ4n) is 3.82. The van der Waals surface area contributed by atoms with Crippen molar-refractivity contribution in [2.24, 2.45) is 0 Å². The van der Waals surface area contributed by atoms with Crippen LogP contribution in [0.2, 0.25) is 5.15 Å². The first-order valence-electron chi connectivity index (χ1n) is 8.89. The van der Waals surface area contributed by atoms with Crippen molar-refractivity contribution in [2.75, 3.05) is 5.32 Å². The van der Waals surface area contributed by atoms with E-state index in [4.69, 9.17) is 11.6 Å². The molecule has 2 heterocycles.